The van der Waals surface area contributed by atoms with Crippen molar-refractivity contribution in [2.24, 2.45) is 0 Å². The molecule has 17 heavy (non-hydrogen) atoms. The Morgan fingerprint density at radius 3 is 1.71 bits per heavy atom. The fourth-order valence-electron chi connectivity index (χ4n) is 1.73. The molecule has 0 spiro atoms. The van der Waals surface area contributed by atoms with Gasteiger partial charge in [0.2, 0.25) is 0 Å². The maximum absolute atomic E-state index is 10.2. The van der Waals surface area contributed by atoms with E-state index < -0.39 is 8.25 Å². The van der Waals surface area contributed by atoms with Gasteiger partial charge in [-0.2, -0.15) is 0 Å². The molecule has 0 saturated heterocycles. The van der Waals surface area contributed by atoms with Crippen LogP contribution in [0.1, 0.15) is 71.1 Å². The van der Waals surface area contributed by atoms with E-state index >= 15 is 0 Å². The molecular formula is C12H26CuO3P+. The Balaban J connectivity index is 0. The zero-order valence-electron chi connectivity index (χ0n) is 10.8. The summed E-state index contributed by atoms with van der Waals surface area (Å²) >= 11 is 0. The van der Waals surface area contributed by atoms with Gasteiger partial charge in [-0.05, 0) is 6.42 Å². The van der Waals surface area contributed by atoms with Crippen molar-refractivity contribution in [3.63, 3.8) is 0 Å². The summed E-state index contributed by atoms with van der Waals surface area (Å²) in [5.74, 6) is 0. The van der Waals surface area contributed by atoms with Crippen LogP contribution in [0, 0.1) is 0 Å². The van der Waals surface area contributed by atoms with Crippen molar-refractivity contribution in [1.29, 1.82) is 0 Å². The first-order valence-electron chi connectivity index (χ1n) is 6.56. The molecule has 0 heterocycles. The van der Waals surface area contributed by atoms with Gasteiger partial charge in [-0.1, -0.05) is 64.7 Å². The summed E-state index contributed by atoms with van der Waals surface area (Å²) < 4.78 is 14.8. The van der Waals surface area contributed by atoms with E-state index in [9.17, 15) is 4.57 Å². The molecule has 0 aliphatic carbocycles. The Labute approximate surface area is 117 Å². The summed E-state index contributed by atoms with van der Waals surface area (Å²) in [5.41, 5.74) is 0. The Hall–Kier alpha value is 0.539. The zero-order chi connectivity index (χ0) is 12.1. The zero-order valence-corrected chi connectivity index (χ0v) is 12.6. The first-order valence-corrected chi connectivity index (χ1v) is 7.69. The summed E-state index contributed by atoms with van der Waals surface area (Å²) in [6, 6.07) is 0. The van der Waals surface area contributed by atoms with Gasteiger partial charge in [-0.15, -0.1) is 9.42 Å². The molecule has 5 heteroatoms. The van der Waals surface area contributed by atoms with Gasteiger partial charge in [0, 0.05) is 21.6 Å². The van der Waals surface area contributed by atoms with Crippen LogP contribution < -0.4 is 0 Å². The largest absolute Gasteiger partial charge is 0.694 e. The molecular weight excluding hydrogens is 287 g/mol. The van der Waals surface area contributed by atoms with E-state index in [1.807, 2.05) is 0 Å². The normalized spacial score (nSPS) is 11.1. The molecule has 0 aliphatic rings. The van der Waals surface area contributed by atoms with Crippen molar-refractivity contribution < 1.29 is 31.1 Å². The summed E-state index contributed by atoms with van der Waals surface area (Å²) in [4.78, 5) is 8.38. The van der Waals surface area contributed by atoms with Crippen molar-refractivity contribution in [2.75, 3.05) is 6.61 Å². The maximum Gasteiger partial charge on any atom is 0.694 e. The van der Waals surface area contributed by atoms with Crippen molar-refractivity contribution in [3.05, 3.63) is 0 Å². The Morgan fingerprint density at radius 1 is 0.882 bits per heavy atom. The van der Waals surface area contributed by atoms with Gasteiger partial charge in [0.15, 0.2) is 0 Å². The predicted octanol–water partition coefficient (Wildman–Crippen LogP) is 4.57. The fourth-order valence-corrected chi connectivity index (χ4v) is 2.02. The average Bonchev–Trinajstić information content (AvgIpc) is 2.25. The number of hydrogen-bond acceptors (Lipinski definition) is 2. The average molecular weight is 313 g/mol. The number of hydrogen-bond donors (Lipinski definition) is 1. The van der Waals surface area contributed by atoms with E-state index in [0.29, 0.717) is 6.61 Å². The summed E-state index contributed by atoms with van der Waals surface area (Å²) in [6.45, 7) is 2.66. The van der Waals surface area contributed by atoms with E-state index in [1.165, 1.54) is 51.4 Å². The van der Waals surface area contributed by atoms with Crippen LogP contribution in [0.25, 0.3) is 0 Å². The monoisotopic (exact) mass is 312 g/mol. The van der Waals surface area contributed by atoms with Crippen molar-refractivity contribution in [3.8, 4) is 0 Å². The summed E-state index contributed by atoms with van der Waals surface area (Å²) in [7, 11) is -2.39. The van der Waals surface area contributed by atoms with E-state index in [-0.39, 0.29) is 17.1 Å². The minimum atomic E-state index is -2.39. The topological polar surface area (TPSA) is 46.5 Å². The molecule has 1 atom stereocenters. The molecule has 3 nitrogen and oxygen atoms in total. The minimum Gasteiger partial charge on any atom is -0.133 e. The first-order chi connectivity index (χ1) is 7.77. The maximum atomic E-state index is 10.2. The first kappa shape index (κ1) is 19.9. The molecule has 1 unspecified atom stereocenters. The van der Waals surface area contributed by atoms with Crippen LogP contribution in [-0.2, 0) is 26.2 Å². The van der Waals surface area contributed by atoms with Crippen LogP contribution >= 0.6 is 8.25 Å². The van der Waals surface area contributed by atoms with Gasteiger partial charge in [-0.25, -0.2) is 0 Å². The smallest absolute Gasteiger partial charge is 0.133 e. The second-order valence-corrected chi connectivity index (χ2v) is 4.99. The second-order valence-electron chi connectivity index (χ2n) is 4.25. The van der Waals surface area contributed by atoms with Crippen LogP contribution in [0.15, 0.2) is 0 Å². The number of unbranched alkanes of at least 4 members (excludes halogenated alkanes) is 9. The van der Waals surface area contributed by atoms with E-state index in [0.717, 1.165) is 12.8 Å². The summed E-state index contributed by atoms with van der Waals surface area (Å²) in [5, 5.41) is 0. The third kappa shape index (κ3) is 19.1. The third-order valence-corrected chi connectivity index (χ3v) is 3.10. The van der Waals surface area contributed by atoms with Gasteiger partial charge >= 0.3 is 8.25 Å². The SMILES string of the molecule is CCCCCCCCCCCCO[P+](=O)O.[Cu]. The van der Waals surface area contributed by atoms with Crippen molar-refractivity contribution in [1.82, 2.24) is 0 Å². The van der Waals surface area contributed by atoms with Crippen LogP contribution in [-0.4, -0.2) is 11.5 Å². The van der Waals surface area contributed by atoms with Crippen molar-refractivity contribution >= 4 is 8.25 Å². The van der Waals surface area contributed by atoms with Crippen molar-refractivity contribution in [2.45, 2.75) is 71.1 Å². The van der Waals surface area contributed by atoms with Gasteiger partial charge < -0.3 is 0 Å². The predicted molar refractivity (Wildman–Crippen MR) is 67.6 cm³/mol. The molecule has 0 aromatic rings. The Morgan fingerprint density at radius 2 is 1.29 bits per heavy atom. The standard InChI is InChI=1S/C12H25O3P.Cu/c1-2-3-4-5-6-7-8-9-10-11-12-15-16(13)14;/h2-12H2,1H3;/p+1. The quantitative estimate of drug-likeness (QED) is 0.326. The van der Waals surface area contributed by atoms with Gasteiger partial charge in [0.25, 0.3) is 0 Å². The molecule has 107 valence electrons. The molecule has 1 radical (unpaired) electrons. The molecule has 0 amide bonds. The molecule has 1 N–H and O–H groups in total. The second kappa shape index (κ2) is 16.5. The minimum absolute atomic E-state index is 0. The summed E-state index contributed by atoms with van der Waals surface area (Å²) in [6.07, 6.45) is 12.7. The van der Waals surface area contributed by atoms with E-state index in [1.54, 1.807) is 0 Å². The van der Waals surface area contributed by atoms with E-state index in [2.05, 4.69) is 11.4 Å². The molecule has 0 aromatic heterocycles. The number of rotatable bonds is 12. The van der Waals surface area contributed by atoms with Gasteiger partial charge in [0.05, 0.1) is 0 Å². The Bertz CT molecular complexity index is 168. The van der Waals surface area contributed by atoms with Gasteiger partial charge in [-0.3, -0.25) is 0 Å². The van der Waals surface area contributed by atoms with E-state index in [4.69, 9.17) is 4.89 Å². The Kier molecular flexibility index (Phi) is 19.3. The van der Waals surface area contributed by atoms with Crippen LogP contribution in [0.3, 0.4) is 0 Å². The van der Waals surface area contributed by atoms with Crippen LogP contribution in [0.5, 0.6) is 0 Å². The van der Waals surface area contributed by atoms with Crippen LogP contribution in [0.4, 0.5) is 0 Å². The molecule has 0 bridgehead atoms. The third-order valence-electron chi connectivity index (χ3n) is 2.70. The van der Waals surface area contributed by atoms with Crippen LogP contribution in [0.2, 0.25) is 0 Å². The molecule has 0 rings (SSSR count). The fraction of sp³-hybridized carbons (Fsp3) is 1.00. The molecule has 0 fully saturated rings. The van der Waals surface area contributed by atoms with Gasteiger partial charge in [0.1, 0.15) is 6.61 Å². The molecule has 0 aliphatic heterocycles. The molecule has 0 saturated carbocycles. The molecule has 0 aromatic carbocycles.